The monoisotopic (exact) mass is 323 g/mol. The summed E-state index contributed by atoms with van der Waals surface area (Å²) in [4.78, 5) is 0.262. The van der Waals surface area contributed by atoms with Crippen molar-refractivity contribution in [3.05, 3.63) is 59.7 Å². The van der Waals surface area contributed by atoms with Gasteiger partial charge in [0.2, 0.25) is 0 Å². The summed E-state index contributed by atoms with van der Waals surface area (Å²) < 4.78 is 26.5. The lowest BCUT2D eigenvalue weighted by Gasteiger charge is -2.20. The van der Waals surface area contributed by atoms with Gasteiger partial charge in [-0.05, 0) is 41.8 Å². The van der Waals surface area contributed by atoms with E-state index in [1.54, 1.807) is 31.3 Å². The predicted octanol–water partition coefficient (Wildman–Crippen LogP) is 3.81. The van der Waals surface area contributed by atoms with Crippen molar-refractivity contribution in [1.82, 2.24) is 0 Å². The van der Waals surface area contributed by atoms with Crippen molar-refractivity contribution in [1.29, 1.82) is 0 Å². The van der Waals surface area contributed by atoms with E-state index in [0.29, 0.717) is 11.6 Å². The smallest absolute Gasteiger partial charge is 0.264 e. The van der Waals surface area contributed by atoms with Gasteiger partial charge in [0.25, 0.3) is 10.0 Å². The van der Waals surface area contributed by atoms with Crippen LogP contribution in [0.25, 0.3) is 0 Å². The Morgan fingerprint density at radius 3 is 1.95 bits per heavy atom. The van der Waals surface area contributed by atoms with Crippen LogP contribution in [0.1, 0.15) is 18.1 Å². The number of alkyl halides is 1. The third-order valence-corrected chi connectivity index (χ3v) is 5.55. The molecule has 0 radical (unpaired) electrons. The highest BCUT2D eigenvalue weighted by Gasteiger charge is 2.20. The molecule has 0 saturated carbocycles. The van der Waals surface area contributed by atoms with Gasteiger partial charge in [-0.25, -0.2) is 8.42 Å². The second-order valence-electron chi connectivity index (χ2n) is 4.77. The van der Waals surface area contributed by atoms with Crippen LogP contribution in [0, 0.1) is 0 Å². The maximum Gasteiger partial charge on any atom is 0.264 e. The van der Waals surface area contributed by atoms with Crippen LogP contribution in [0.5, 0.6) is 0 Å². The van der Waals surface area contributed by atoms with E-state index in [9.17, 15) is 8.42 Å². The standard InChI is InChI=1S/C16H18ClNO2S/c1-3-13-4-8-15(9-5-13)18(2)21(19,20)16-10-6-14(12-17)7-11-16/h4-11H,3,12H2,1-2H3. The molecule has 2 aromatic rings. The van der Waals surface area contributed by atoms with Crippen molar-refractivity contribution in [3.63, 3.8) is 0 Å². The quantitative estimate of drug-likeness (QED) is 0.785. The van der Waals surface area contributed by atoms with E-state index in [4.69, 9.17) is 11.6 Å². The Hall–Kier alpha value is -1.52. The van der Waals surface area contributed by atoms with Crippen LogP contribution in [-0.4, -0.2) is 15.5 Å². The zero-order valence-electron chi connectivity index (χ0n) is 12.1. The van der Waals surface area contributed by atoms with Crippen LogP contribution in [-0.2, 0) is 22.3 Å². The molecule has 0 unspecified atom stereocenters. The Morgan fingerprint density at radius 2 is 1.48 bits per heavy atom. The van der Waals surface area contributed by atoms with Gasteiger partial charge in [0.15, 0.2) is 0 Å². The normalized spacial score (nSPS) is 11.4. The fourth-order valence-corrected chi connectivity index (χ4v) is 3.36. The molecule has 0 aliphatic rings. The summed E-state index contributed by atoms with van der Waals surface area (Å²) in [6, 6.07) is 14.2. The lowest BCUT2D eigenvalue weighted by Crippen LogP contribution is -2.26. The molecule has 3 nitrogen and oxygen atoms in total. The molecule has 0 bridgehead atoms. The maximum atomic E-state index is 12.6. The van der Waals surface area contributed by atoms with E-state index >= 15 is 0 Å². The second kappa shape index (κ2) is 6.50. The number of rotatable bonds is 5. The first kappa shape index (κ1) is 15.9. The van der Waals surface area contributed by atoms with Gasteiger partial charge in [-0.15, -0.1) is 11.6 Å². The minimum absolute atomic E-state index is 0.262. The largest absolute Gasteiger partial charge is 0.269 e. The van der Waals surface area contributed by atoms with E-state index in [1.165, 1.54) is 9.87 Å². The SMILES string of the molecule is CCc1ccc(N(C)S(=O)(=O)c2ccc(CCl)cc2)cc1. The van der Waals surface area contributed by atoms with Crippen molar-refractivity contribution in [2.24, 2.45) is 0 Å². The number of aryl methyl sites for hydroxylation is 1. The number of hydrogen-bond acceptors (Lipinski definition) is 2. The first-order valence-electron chi connectivity index (χ1n) is 6.72. The van der Waals surface area contributed by atoms with Crippen molar-refractivity contribution < 1.29 is 8.42 Å². The van der Waals surface area contributed by atoms with Crippen molar-refractivity contribution in [2.45, 2.75) is 24.1 Å². The highest BCUT2D eigenvalue weighted by Crippen LogP contribution is 2.23. The molecule has 112 valence electrons. The zero-order valence-corrected chi connectivity index (χ0v) is 13.7. The molecule has 0 aliphatic heterocycles. The minimum Gasteiger partial charge on any atom is -0.269 e. The van der Waals surface area contributed by atoms with Gasteiger partial charge in [0.1, 0.15) is 0 Å². The summed E-state index contributed by atoms with van der Waals surface area (Å²) in [6.45, 7) is 2.06. The summed E-state index contributed by atoms with van der Waals surface area (Å²) in [5, 5.41) is 0. The molecule has 0 aromatic heterocycles. The number of sulfonamides is 1. The molecule has 21 heavy (non-hydrogen) atoms. The lowest BCUT2D eigenvalue weighted by molar-refractivity contribution is 0.594. The number of hydrogen-bond donors (Lipinski definition) is 0. The van der Waals surface area contributed by atoms with Crippen LogP contribution in [0.4, 0.5) is 5.69 Å². The van der Waals surface area contributed by atoms with Crippen LogP contribution in [0.3, 0.4) is 0 Å². The average Bonchev–Trinajstić information content (AvgIpc) is 2.54. The second-order valence-corrected chi connectivity index (χ2v) is 7.01. The molecule has 0 fully saturated rings. The first-order valence-corrected chi connectivity index (χ1v) is 8.69. The average molecular weight is 324 g/mol. The summed E-state index contributed by atoms with van der Waals surface area (Å²) in [6.07, 6.45) is 0.927. The molecular formula is C16H18ClNO2S. The highest BCUT2D eigenvalue weighted by atomic mass is 35.5. The van der Waals surface area contributed by atoms with Gasteiger partial charge >= 0.3 is 0 Å². The predicted molar refractivity (Wildman–Crippen MR) is 87.4 cm³/mol. The lowest BCUT2D eigenvalue weighted by atomic mass is 10.1. The van der Waals surface area contributed by atoms with E-state index in [2.05, 4.69) is 6.92 Å². The van der Waals surface area contributed by atoms with E-state index in [-0.39, 0.29) is 4.90 Å². The number of benzene rings is 2. The Balaban J connectivity index is 2.32. The Bertz CT molecular complexity index is 694. The van der Waals surface area contributed by atoms with Gasteiger partial charge in [-0.3, -0.25) is 4.31 Å². The molecule has 0 atom stereocenters. The molecule has 0 aliphatic carbocycles. The highest BCUT2D eigenvalue weighted by molar-refractivity contribution is 7.92. The Kier molecular flexibility index (Phi) is 4.91. The van der Waals surface area contributed by atoms with Crippen LogP contribution in [0.15, 0.2) is 53.4 Å². The van der Waals surface area contributed by atoms with Gasteiger partial charge in [0, 0.05) is 12.9 Å². The first-order chi connectivity index (χ1) is 9.98. The fourth-order valence-electron chi connectivity index (χ4n) is 1.99. The van der Waals surface area contributed by atoms with E-state index in [0.717, 1.165) is 12.0 Å². The maximum absolute atomic E-state index is 12.6. The van der Waals surface area contributed by atoms with E-state index in [1.807, 2.05) is 24.3 Å². The Morgan fingerprint density at radius 1 is 0.952 bits per heavy atom. The van der Waals surface area contributed by atoms with Crippen LogP contribution >= 0.6 is 11.6 Å². The molecule has 5 heteroatoms. The third-order valence-electron chi connectivity index (χ3n) is 3.44. The van der Waals surface area contributed by atoms with Gasteiger partial charge in [0.05, 0.1) is 10.6 Å². The molecular weight excluding hydrogens is 306 g/mol. The molecule has 0 amide bonds. The molecule has 2 aromatic carbocycles. The Labute approximate surface area is 131 Å². The molecule has 0 saturated heterocycles. The summed E-state index contributed by atoms with van der Waals surface area (Å²) >= 11 is 5.72. The van der Waals surface area contributed by atoms with Crippen LogP contribution < -0.4 is 4.31 Å². The number of halogens is 1. The summed E-state index contributed by atoms with van der Waals surface area (Å²) in [7, 11) is -1.99. The van der Waals surface area contributed by atoms with E-state index < -0.39 is 10.0 Å². The summed E-state index contributed by atoms with van der Waals surface area (Å²) in [5.41, 5.74) is 2.72. The van der Waals surface area contributed by atoms with Gasteiger partial charge in [-0.1, -0.05) is 31.2 Å². The van der Waals surface area contributed by atoms with Crippen molar-refractivity contribution in [2.75, 3.05) is 11.4 Å². The molecule has 2 rings (SSSR count). The van der Waals surface area contributed by atoms with Crippen LogP contribution in [0.2, 0.25) is 0 Å². The summed E-state index contributed by atoms with van der Waals surface area (Å²) in [5.74, 6) is 0.370. The molecule has 0 N–H and O–H groups in total. The topological polar surface area (TPSA) is 37.4 Å². The minimum atomic E-state index is -3.55. The number of anilines is 1. The third kappa shape index (κ3) is 3.39. The van der Waals surface area contributed by atoms with Crippen molar-refractivity contribution >= 4 is 27.3 Å². The van der Waals surface area contributed by atoms with Gasteiger partial charge < -0.3 is 0 Å². The van der Waals surface area contributed by atoms with Gasteiger partial charge in [-0.2, -0.15) is 0 Å². The number of nitrogens with zero attached hydrogens (tertiary/aromatic N) is 1. The van der Waals surface area contributed by atoms with Crippen molar-refractivity contribution in [3.8, 4) is 0 Å². The molecule has 0 heterocycles. The molecule has 0 spiro atoms. The zero-order chi connectivity index (χ0) is 15.5. The fraction of sp³-hybridized carbons (Fsp3) is 0.250.